The number of aryl methyl sites for hydroxylation is 1. The highest BCUT2D eigenvalue weighted by Gasteiger charge is 2.21. The predicted molar refractivity (Wildman–Crippen MR) is 58.8 cm³/mol. The molecular weight excluding hydrogens is 174 g/mol. The van der Waals surface area contributed by atoms with Crippen LogP contribution in [0.4, 0.5) is 0 Å². The van der Waals surface area contributed by atoms with Gasteiger partial charge in [-0.05, 0) is 25.0 Å². The van der Waals surface area contributed by atoms with Gasteiger partial charge in [-0.25, -0.2) is 0 Å². The minimum atomic E-state index is 0.149. The number of hydrogen-bond acceptors (Lipinski definition) is 2. The molecule has 0 saturated heterocycles. The molecule has 0 fully saturated rings. The standard InChI is InChI=1S/C12H19NO/c1-6-12(3,4)11-9(2)7-10(14-5)8-13-11/h7-8H,6H2,1-5H3. The molecule has 0 spiro atoms. The molecule has 1 aromatic rings. The van der Waals surface area contributed by atoms with Crippen LogP contribution in [0.5, 0.6) is 5.75 Å². The summed E-state index contributed by atoms with van der Waals surface area (Å²) in [5.41, 5.74) is 2.52. The number of methoxy groups -OCH3 is 1. The zero-order chi connectivity index (χ0) is 10.8. The van der Waals surface area contributed by atoms with Crippen molar-refractivity contribution >= 4 is 0 Å². The fourth-order valence-electron chi connectivity index (χ4n) is 1.54. The summed E-state index contributed by atoms with van der Waals surface area (Å²) in [7, 11) is 1.67. The Labute approximate surface area is 86.3 Å². The van der Waals surface area contributed by atoms with Crippen molar-refractivity contribution in [2.45, 2.75) is 39.5 Å². The van der Waals surface area contributed by atoms with E-state index in [1.54, 1.807) is 13.3 Å². The van der Waals surface area contributed by atoms with E-state index in [-0.39, 0.29) is 5.41 Å². The van der Waals surface area contributed by atoms with Crippen LogP contribution in [0.3, 0.4) is 0 Å². The third-order valence-corrected chi connectivity index (χ3v) is 2.81. The minimum absolute atomic E-state index is 0.149. The summed E-state index contributed by atoms with van der Waals surface area (Å²) in [6.07, 6.45) is 2.88. The van der Waals surface area contributed by atoms with Gasteiger partial charge in [0.2, 0.25) is 0 Å². The smallest absolute Gasteiger partial charge is 0.137 e. The van der Waals surface area contributed by atoms with Crippen LogP contribution in [-0.4, -0.2) is 12.1 Å². The average molecular weight is 193 g/mol. The van der Waals surface area contributed by atoms with Crippen LogP contribution in [0.2, 0.25) is 0 Å². The molecule has 0 atom stereocenters. The summed E-state index contributed by atoms with van der Waals surface area (Å²) in [4.78, 5) is 4.47. The van der Waals surface area contributed by atoms with Gasteiger partial charge in [0, 0.05) is 11.1 Å². The van der Waals surface area contributed by atoms with Gasteiger partial charge in [-0.2, -0.15) is 0 Å². The van der Waals surface area contributed by atoms with E-state index in [1.165, 1.54) is 11.3 Å². The molecule has 0 aliphatic rings. The maximum Gasteiger partial charge on any atom is 0.137 e. The maximum absolute atomic E-state index is 5.13. The van der Waals surface area contributed by atoms with Gasteiger partial charge in [0.05, 0.1) is 13.3 Å². The molecule has 0 aliphatic heterocycles. The van der Waals surface area contributed by atoms with E-state index in [1.807, 2.05) is 6.07 Å². The summed E-state index contributed by atoms with van der Waals surface area (Å²) in [5.74, 6) is 0.832. The van der Waals surface area contributed by atoms with Crippen LogP contribution in [-0.2, 0) is 5.41 Å². The second-order valence-corrected chi connectivity index (χ2v) is 4.28. The molecule has 0 N–H and O–H groups in total. The Hall–Kier alpha value is -1.05. The Morgan fingerprint density at radius 3 is 2.50 bits per heavy atom. The van der Waals surface area contributed by atoms with Gasteiger partial charge in [-0.15, -0.1) is 0 Å². The van der Waals surface area contributed by atoms with Crippen molar-refractivity contribution in [3.8, 4) is 5.75 Å². The zero-order valence-corrected chi connectivity index (χ0v) is 9.72. The fourth-order valence-corrected chi connectivity index (χ4v) is 1.54. The van der Waals surface area contributed by atoms with Crippen LogP contribution >= 0.6 is 0 Å². The first-order valence-electron chi connectivity index (χ1n) is 5.02. The largest absolute Gasteiger partial charge is 0.495 e. The normalized spacial score (nSPS) is 11.5. The summed E-state index contributed by atoms with van der Waals surface area (Å²) < 4.78 is 5.13. The van der Waals surface area contributed by atoms with Crippen molar-refractivity contribution in [2.75, 3.05) is 7.11 Å². The lowest BCUT2D eigenvalue weighted by atomic mass is 9.84. The number of nitrogens with zero attached hydrogens (tertiary/aromatic N) is 1. The highest BCUT2D eigenvalue weighted by molar-refractivity contribution is 5.32. The molecular formula is C12H19NO. The average Bonchev–Trinajstić information content (AvgIpc) is 2.17. The molecule has 14 heavy (non-hydrogen) atoms. The Morgan fingerprint density at radius 2 is 2.07 bits per heavy atom. The van der Waals surface area contributed by atoms with E-state index in [4.69, 9.17) is 4.74 Å². The van der Waals surface area contributed by atoms with Gasteiger partial charge in [0.15, 0.2) is 0 Å². The van der Waals surface area contributed by atoms with Crippen molar-refractivity contribution in [3.05, 3.63) is 23.5 Å². The number of pyridine rings is 1. The monoisotopic (exact) mass is 193 g/mol. The van der Waals surface area contributed by atoms with Crippen molar-refractivity contribution < 1.29 is 4.74 Å². The third kappa shape index (κ3) is 2.06. The molecule has 1 heterocycles. The second kappa shape index (κ2) is 3.99. The Morgan fingerprint density at radius 1 is 1.43 bits per heavy atom. The first-order valence-corrected chi connectivity index (χ1v) is 5.02. The van der Waals surface area contributed by atoms with Crippen LogP contribution in [0, 0.1) is 6.92 Å². The van der Waals surface area contributed by atoms with Gasteiger partial charge in [0.25, 0.3) is 0 Å². The maximum atomic E-state index is 5.13. The second-order valence-electron chi connectivity index (χ2n) is 4.28. The fraction of sp³-hybridized carbons (Fsp3) is 0.583. The van der Waals surface area contributed by atoms with E-state index in [2.05, 4.69) is 32.7 Å². The molecule has 2 heteroatoms. The topological polar surface area (TPSA) is 22.1 Å². The SMILES string of the molecule is CCC(C)(C)c1ncc(OC)cc1C. The Bertz CT molecular complexity index is 318. The Kier molecular flexibility index (Phi) is 3.14. The van der Waals surface area contributed by atoms with Crippen molar-refractivity contribution in [1.29, 1.82) is 0 Å². The molecule has 78 valence electrons. The molecule has 0 amide bonds. The van der Waals surface area contributed by atoms with E-state index in [0.717, 1.165) is 12.2 Å². The molecule has 1 rings (SSSR count). The summed E-state index contributed by atoms with van der Waals surface area (Å²) in [5, 5.41) is 0. The van der Waals surface area contributed by atoms with Gasteiger partial charge in [-0.3, -0.25) is 4.98 Å². The van der Waals surface area contributed by atoms with E-state index >= 15 is 0 Å². The third-order valence-electron chi connectivity index (χ3n) is 2.81. The molecule has 0 bridgehead atoms. The van der Waals surface area contributed by atoms with Crippen molar-refractivity contribution in [2.24, 2.45) is 0 Å². The van der Waals surface area contributed by atoms with Crippen LogP contribution in [0.15, 0.2) is 12.3 Å². The lowest BCUT2D eigenvalue weighted by Gasteiger charge is -2.24. The van der Waals surface area contributed by atoms with Gasteiger partial charge in [0.1, 0.15) is 5.75 Å². The number of ether oxygens (including phenoxy) is 1. The number of hydrogen-bond donors (Lipinski definition) is 0. The highest BCUT2D eigenvalue weighted by Crippen LogP contribution is 2.28. The Balaban J connectivity index is 3.12. The molecule has 0 unspecified atom stereocenters. The predicted octanol–water partition coefficient (Wildman–Crippen LogP) is 3.09. The van der Waals surface area contributed by atoms with E-state index < -0.39 is 0 Å². The van der Waals surface area contributed by atoms with Gasteiger partial charge in [-0.1, -0.05) is 20.8 Å². The molecule has 2 nitrogen and oxygen atoms in total. The molecule has 0 aromatic carbocycles. The number of aromatic nitrogens is 1. The van der Waals surface area contributed by atoms with E-state index in [0.29, 0.717) is 0 Å². The summed E-state index contributed by atoms with van der Waals surface area (Å²) in [6, 6.07) is 2.04. The molecule has 0 radical (unpaired) electrons. The first-order chi connectivity index (χ1) is 6.51. The quantitative estimate of drug-likeness (QED) is 0.736. The van der Waals surface area contributed by atoms with Crippen LogP contribution in [0.1, 0.15) is 38.4 Å². The van der Waals surface area contributed by atoms with E-state index in [9.17, 15) is 0 Å². The van der Waals surface area contributed by atoms with Gasteiger partial charge >= 0.3 is 0 Å². The minimum Gasteiger partial charge on any atom is -0.495 e. The van der Waals surface area contributed by atoms with Crippen molar-refractivity contribution in [3.63, 3.8) is 0 Å². The molecule has 1 aromatic heterocycles. The first kappa shape index (κ1) is 11.0. The van der Waals surface area contributed by atoms with Crippen LogP contribution in [0.25, 0.3) is 0 Å². The van der Waals surface area contributed by atoms with Gasteiger partial charge < -0.3 is 4.74 Å². The molecule has 0 aliphatic carbocycles. The summed E-state index contributed by atoms with van der Waals surface area (Å²) >= 11 is 0. The van der Waals surface area contributed by atoms with Crippen LogP contribution < -0.4 is 4.74 Å². The zero-order valence-electron chi connectivity index (χ0n) is 9.72. The lowest BCUT2D eigenvalue weighted by Crippen LogP contribution is -2.19. The summed E-state index contributed by atoms with van der Waals surface area (Å²) in [6.45, 7) is 8.71. The molecule has 0 saturated carbocycles. The number of rotatable bonds is 3. The lowest BCUT2D eigenvalue weighted by molar-refractivity contribution is 0.409. The highest BCUT2D eigenvalue weighted by atomic mass is 16.5. The van der Waals surface area contributed by atoms with Crippen molar-refractivity contribution in [1.82, 2.24) is 4.98 Å².